The molecule has 1 aliphatic carbocycles. The van der Waals surface area contributed by atoms with Crippen molar-refractivity contribution in [3.8, 4) is 0 Å². The Morgan fingerprint density at radius 2 is 2.20 bits per heavy atom. The minimum Gasteiger partial charge on any atom is -0.465 e. The Labute approximate surface area is 90.5 Å². The van der Waals surface area contributed by atoms with E-state index in [1.165, 1.54) is 0 Å². The summed E-state index contributed by atoms with van der Waals surface area (Å²) < 4.78 is 4.87. The van der Waals surface area contributed by atoms with Gasteiger partial charge in [0.1, 0.15) is 11.7 Å². The van der Waals surface area contributed by atoms with E-state index in [0.717, 1.165) is 12.0 Å². The van der Waals surface area contributed by atoms with E-state index in [9.17, 15) is 9.59 Å². The average molecular weight is 210 g/mol. The van der Waals surface area contributed by atoms with Gasteiger partial charge in [0.05, 0.1) is 6.61 Å². The summed E-state index contributed by atoms with van der Waals surface area (Å²) in [7, 11) is 0. The molecule has 84 valence electrons. The molecule has 0 bridgehead atoms. The van der Waals surface area contributed by atoms with Gasteiger partial charge >= 0.3 is 5.97 Å². The third kappa shape index (κ3) is 2.91. The summed E-state index contributed by atoms with van der Waals surface area (Å²) >= 11 is 0. The third-order valence-corrected chi connectivity index (χ3v) is 2.72. The van der Waals surface area contributed by atoms with Crippen LogP contribution in [0.3, 0.4) is 0 Å². The van der Waals surface area contributed by atoms with Gasteiger partial charge in [-0.3, -0.25) is 9.59 Å². The van der Waals surface area contributed by atoms with Gasteiger partial charge in [-0.05, 0) is 33.1 Å². The zero-order chi connectivity index (χ0) is 11.4. The number of carbonyl (C=O) groups is 2. The van der Waals surface area contributed by atoms with Crippen LogP contribution in [0.15, 0.2) is 12.2 Å². The predicted molar refractivity (Wildman–Crippen MR) is 57.3 cm³/mol. The lowest BCUT2D eigenvalue weighted by Crippen LogP contribution is -2.24. The minimum absolute atomic E-state index is 0.0168. The summed E-state index contributed by atoms with van der Waals surface area (Å²) in [6.45, 7) is 7.79. The van der Waals surface area contributed by atoms with E-state index in [-0.39, 0.29) is 17.7 Å². The van der Waals surface area contributed by atoms with E-state index in [1.807, 2.05) is 6.92 Å². The summed E-state index contributed by atoms with van der Waals surface area (Å²) in [5.41, 5.74) is 0.998. The molecule has 0 amide bonds. The molecule has 0 aliphatic heterocycles. The standard InChI is InChI=1S/C12H18O3/c1-4-15-12(14)10-6-5-9(11(10)13)7-8(2)3/h9-10H,2,4-7H2,1,3H3/t9-,10+/m1/s1. The number of ketones is 1. The van der Waals surface area contributed by atoms with E-state index in [1.54, 1.807) is 6.92 Å². The lowest BCUT2D eigenvalue weighted by Gasteiger charge is -2.09. The van der Waals surface area contributed by atoms with E-state index in [2.05, 4.69) is 6.58 Å². The monoisotopic (exact) mass is 210 g/mol. The molecule has 0 aromatic heterocycles. The molecule has 0 radical (unpaired) electrons. The summed E-state index contributed by atoms with van der Waals surface area (Å²) in [6, 6.07) is 0. The molecule has 0 spiro atoms. The molecule has 0 saturated heterocycles. The van der Waals surface area contributed by atoms with Crippen LogP contribution < -0.4 is 0 Å². The van der Waals surface area contributed by atoms with Crippen molar-refractivity contribution in [2.45, 2.75) is 33.1 Å². The van der Waals surface area contributed by atoms with Gasteiger partial charge in [-0.15, -0.1) is 6.58 Å². The van der Waals surface area contributed by atoms with Gasteiger partial charge < -0.3 is 4.74 Å². The second-order valence-electron chi connectivity index (χ2n) is 4.14. The third-order valence-electron chi connectivity index (χ3n) is 2.72. The molecule has 0 aromatic rings. The Balaban J connectivity index is 2.56. The number of hydrogen-bond donors (Lipinski definition) is 0. The van der Waals surface area contributed by atoms with Gasteiger partial charge in [-0.2, -0.15) is 0 Å². The fourth-order valence-corrected chi connectivity index (χ4v) is 2.04. The van der Waals surface area contributed by atoms with Gasteiger partial charge in [0.15, 0.2) is 0 Å². The van der Waals surface area contributed by atoms with Crippen molar-refractivity contribution >= 4 is 11.8 Å². The highest BCUT2D eigenvalue weighted by Gasteiger charge is 2.39. The van der Waals surface area contributed by atoms with Crippen molar-refractivity contribution < 1.29 is 14.3 Å². The van der Waals surface area contributed by atoms with Crippen LogP contribution in [0, 0.1) is 11.8 Å². The van der Waals surface area contributed by atoms with Gasteiger partial charge in [0.25, 0.3) is 0 Å². The zero-order valence-electron chi connectivity index (χ0n) is 9.41. The van der Waals surface area contributed by atoms with Gasteiger partial charge in [-0.1, -0.05) is 5.57 Å². The zero-order valence-corrected chi connectivity index (χ0v) is 9.41. The van der Waals surface area contributed by atoms with Crippen LogP contribution >= 0.6 is 0 Å². The number of ether oxygens (including phenoxy) is 1. The maximum absolute atomic E-state index is 11.8. The fourth-order valence-electron chi connectivity index (χ4n) is 2.04. The highest BCUT2D eigenvalue weighted by Crippen LogP contribution is 2.32. The lowest BCUT2D eigenvalue weighted by atomic mass is 9.97. The Morgan fingerprint density at radius 3 is 2.73 bits per heavy atom. The fraction of sp³-hybridized carbons (Fsp3) is 0.667. The van der Waals surface area contributed by atoms with Crippen LogP contribution in [0.4, 0.5) is 0 Å². The van der Waals surface area contributed by atoms with Crippen molar-refractivity contribution in [1.82, 2.24) is 0 Å². The summed E-state index contributed by atoms with van der Waals surface area (Å²) in [5.74, 6) is -0.852. The maximum Gasteiger partial charge on any atom is 0.316 e. The van der Waals surface area contributed by atoms with E-state index < -0.39 is 5.92 Å². The molecule has 1 aliphatic rings. The van der Waals surface area contributed by atoms with Crippen LogP contribution in [-0.4, -0.2) is 18.4 Å². The van der Waals surface area contributed by atoms with Crippen molar-refractivity contribution in [3.05, 3.63) is 12.2 Å². The lowest BCUT2D eigenvalue weighted by molar-refractivity contribution is -0.150. The van der Waals surface area contributed by atoms with Crippen LogP contribution in [-0.2, 0) is 14.3 Å². The molecule has 0 heterocycles. The topological polar surface area (TPSA) is 43.4 Å². The van der Waals surface area contributed by atoms with Gasteiger partial charge in [0.2, 0.25) is 0 Å². The van der Waals surface area contributed by atoms with E-state index in [4.69, 9.17) is 4.74 Å². The van der Waals surface area contributed by atoms with Crippen LogP contribution in [0.2, 0.25) is 0 Å². The van der Waals surface area contributed by atoms with E-state index >= 15 is 0 Å². The molecule has 3 heteroatoms. The Kier molecular flexibility index (Phi) is 4.06. The first-order chi connectivity index (χ1) is 7.06. The largest absolute Gasteiger partial charge is 0.465 e. The number of hydrogen-bond acceptors (Lipinski definition) is 3. The highest BCUT2D eigenvalue weighted by molar-refractivity contribution is 6.01. The first kappa shape index (κ1) is 12.0. The van der Waals surface area contributed by atoms with E-state index in [0.29, 0.717) is 19.4 Å². The number of Topliss-reactive ketones (excluding diaryl/α,β-unsaturated/α-hetero) is 1. The molecule has 0 unspecified atom stereocenters. The Morgan fingerprint density at radius 1 is 1.53 bits per heavy atom. The van der Waals surface area contributed by atoms with Crippen molar-refractivity contribution in [2.24, 2.45) is 11.8 Å². The van der Waals surface area contributed by atoms with Crippen LogP contribution in [0.25, 0.3) is 0 Å². The number of esters is 1. The normalized spacial score (nSPS) is 25.3. The van der Waals surface area contributed by atoms with Crippen molar-refractivity contribution in [2.75, 3.05) is 6.61 Å². The quantitative estimate of drug-likeness (QED) is 0.405. The number of rotatable bonds is 4. The molecule has 1 saturated carbocycles. The second-order valence-corrected chi connectivity index (χ2v) is 4.14. The van der Waals surface area contributed by atoms with Crippen LogP contribution in [0.5, 0.6) is 0 Å². The van der Waals surface area contributed by atoms with Gasteiger partial charge in [0, 0.05) is 5.92 Å². The SMILES string of the molecule is C=C(C)C[C@H]1CC[C@H](C(=O)OCC)C1=O. The maximum atomic E-state index is 11.8. The first-order valence-electron chi connectivity index (χ1n) is 5.41. The molecule has 1 fully saturated rings. The Hall–Kier alpha value is -1.12. The molecule has 0 aromatic carbocycles. The van der Waals surface area contributed by atoms with Crippen LogP contribution in [0.1, 0.15) is 33.1 Å². The first-order valence-corrected chi connectivity index (χ1v) is 5.41. The average Bonchev–Trinajstić information content (AvgIpc) is 2.48. The van der Waals surface area contributed by atoms with Crippen molar-refractivity contribution in [3.63, 3.8) is 0 Å². The molecular formula is C12H18O3. The molecule has 15 heavy (non-hydrogen) atoms. The minimum atomic E-state index is -0.519. The Bertz CT molecular complexity index is 281. The summed E-state index contributed by atoms with van der Waals surface area (Å²) in [4.78, 5) is 23.2. The highest BCUT2D eigenvalue weighted by atomic mass is 16.5. The summed E-state index contributed by atoms with van der Waals surface area (Å²) in [5, 5.41) is 0. The predicted octanol–water partition coefficient (Wildman–Crippen LogP) is 2.11. The molecule has 1 rings (SSSR count). The second kappa shape index (κ2) is 5.10. The smallest absolute Gasteiger partial charge is 0.316 e. The molecule has 0 N–H and O–H groups in total. The number of allylic oxidation sites excluding steroid dienone is 1. The van der Waals surface area contributed by atoms with Crippen molar-refractivity contribution in [1.29, 1.82) is 0 Å². The van der Waals surface area contributed by atoms with Gasteiger partial charge in [-0.25, -0.2) is 0 Å². The molecule has 3 nitrogen and oxygen atoms in total. The molecular weight excluding hydrogens is 192 g/mol. The number of carbonyl (C=O) groups excluding carboxylic acids is 2. The summed E-state index contributed by atoms with van der Waals surface area (Å²) in [6.07, 6.45) is 2.12. The molecule has 2 atom stereocenters.